The fourth-order valence-corrected chi connectivity index (χ4v) is 4.09. The van der Waals surface area contributed by atoms with Crippen LogP contribution in [0.25, 0.3) is 10.9 Å². The van der Waals surface area contributed by atoms with Gasteiger partial charge in [0.25, 0.3) is 0 Å². The molecule has 0 saturated heterocycles. The number of rotatable bonds is 6. The minimum absolute atomic E-state index is 0.155. The Kier molecular flexibility index (Phi) is 6.33. The molecule has 0 aliphatic heterocycles. The van der Waals surface area contributed by atoms with Crippen molar-refractivity contribution in [2.24, 2.45) is 0 Å². The normalized spacial score (nSPS) is 15.0. The number of fused-ring (bicyclic) bond motifs is 1. The molecule has 2 atom stereocenters. The van der Waals surface area contributed by atoms with E-state index in [1.54, 1.807) is 31.2 Å². The van der Waals surface area contributed by atoms with Crippen LogP contribution in [-0.4, -0.2) is 39.0 Å². The Balaban J connectivity index is 2.24. The number of aromatic nitrogens is 1. The van der Waals surface area contributed by atoms with Crippen molar-refractivity contribution in [1.29, 1.82) is 0 Å². The summed E-state index contributed by atoms with van der Waals surface area (Å²) in [4.78, 5) is 4.31. The SMILES string of the molecule is CSCC(O)(C(Nc1cccc2nc(C)ccc12)c1ccc(F)c(O)c1F)C(F)(F)F. The lowest BCUT2D eigenvalue weighted by Gasteiger charge is -2.38. The van der Waals surface area contributed by atoms with Crippen molar-refractivity contribution < 1.29 is 32.2 Å². The topological polar surface area (TPSA) is 65.4 Å². The average molecular weight is 458 g/mol. The van der Waals surface area contributed by atoms with Crippen LogP contribution in [-0.2, 0) is 0 Å². The molecule has 3 aromatic rings. The molecule has 0 saturated carbocycles. The van der Waals surface area contributed by atoms with Crippen LogP contribution in [0.5, 0.6) is 5.75 Å². The van der Waals surface area contributed by atoms with E-state index in [1.165, 1.54) is 12.3 Å². The second-order valence-electron chi connectivity index (χ2n) is 7.06. The van der Waals surface area contributed by atoms with E-state index in [2.05, 4.69) is 10.3 Å². The van der Waals surface area contributed by atoms with Gasteiger partial charge in [0.2, 0.25) is 0 Å². The van der Waals surface area contributed by atoms with Crippen molar-refractivity contribution in [1.82, 2.24) is 4.98 Å². The Morgan fingerprint density at radius 1 is 1.10 bits per heavy atom. The maximum Gasteiger partial charge on any atom is 0.420 e. The van der Waals surface area contributed by atoms with Crippen LogP contribution in [0.15, 0.2) is 42.5 Å². The molecule has 0 amide bonds. The number of phenolic OH excluding ortho intramolecular Hbond substituents is 1. The lowest BCUT2D eigenvalue weighted by molar-refractivity contribution is -0.256. The van der Waals surface area contributed by atoms with Gasteiger partial charge in [-0.05, 0) is 43.5 Å². The number of halogens is 5. The zero-order valence-corrected chi connectivity index (χ0v) is 17.3. The van der Waals surface area contributed by atoms with E-state index < -0.39 is 46.5 Å². The van der Waals surface area contributed by atoms with Crippen LogP contribution in [0, 0.1) is 18.6 Å². The van der Waals surface area contributed by atoms with Crippen molar-refractivity contribution in [3.05, 3.63) is 65.4 Å². The molecular formula is C21H19F5N2O2S. The molecule has 1 aromatic heterocycles. The van der Waals surface area contributed by atoms with Gasteiger partial charge in [0.1, 0.15) is 0 Å². The Bertz CT molecular complexity index is 1110. The first kappa shape index (κ1) is 23.1. The molecular weight excluding hydrogens is 439 g/mol. The van der Waals surface area contributed by atoms with E-state index >= 15 is 0 Å². The highest BCUT2D eigenvalue weighted by atomic mass is 32.2. The third-order valence-corrected chi connectivity index (χ3v) is 5.64. The van der Waals surface area contributed by atoms with Gasteiger partial charge in [0, 0.05) is 28.1 Å². The third kappa shape index (κ3) is 4.27. The molecule has 0 spiro atoms. The zero-order valence-electron chi connectivity index (χ0n) is 16.5. The monoisotopic (exact) mass is 458 g/mol. The number of hydrogen-bond acceptors (Lipinski definition) is 5. The highest BCUT2D eigenvalue weighted by molar-refractivity contribution is 7.98. The summed E-state index contributed by atoms with van der Waals surface area (Å²) in [5.74, 6) is -5.18. The predicted octanol–water partition coefficient (Wildman–Crippen LogP) is 5.34. The molecule has 1 heterocycles. The van der Waals surface area contributed by atoms with Gasteiger partial charge in [0.05, 0.1) is 11.6 Å². The lowest BCUT2D eigenvalue weighted by atomic mass is 9.88. The van der Waals surface area contributed by atoms with Crippen molar-refractivity contribution in [3.8, 4) is 5.75 Å². The highest BCUT2D eigenvalue weighted by Gasteiger charge is 2.59. The number of hydrogen-bond donors (Lipinski definition) is 3. The van der Waals surface area contributed by atoms with E-state index in [9.17, 15) is 32.2 Å². The standard InChI is InChI=1S/C21H19F5N2O2S/c1-11-6-7-12-15(27-11)4-3-5-16(12)28-19(20(30,10-31-2)21(24,25)26)13-8-9-14(22)18(29)17(13)23/h3-9,19,28-30H,10H2,1-2H3. The van der Waals surface area contributed by atoms with Crippen molar-refractivity contribution in [2.75, 3.05) is 17.3 Å². The largest absolute Gasteiger partial charge is 0.503 e. The molecule has 4 nitrogen and oxygen atoms in total. The van der Waals surface area contributed by atoms with Crippen LogP contribution < -0.4 is 5.32 Å². The van der Waals surface area contributed by atoms with Crippen molar-refractivity contribution >= 4 is 28.4 Å². The van der Waals surface area contributed by atoms with Crippen LogP contribution in [0.2, 0.25) is 0 Å². The first-order valence-electron chi connectivity index (χ1n) is 9.07. The second-order valence-corrected chi connectivity index (χ2v) is 7.92. The third-order valence-electron chi connectivity index (χ3n) is 4.91. The molecule has 0 fully saturated rings. The maximum atomic E-state index is 14.7. The van der Waals surface area contributed by atoms with Gasteiger partial charge in [-0.2, -0.15) is 24.9 Å². The summed E-state index contributed by atoms with van der Waals surface area (Å²) in [5, 5.41) is 23.4. The first-order valence-corrected chi connectivity index (χ1v) is 10.5. The molecule has 0 bridgehead atoms. The number of nitrogens with zero attached hydrogens (tertiary/aromatic N) is 1. The Labute approximate surface area is 179 Å². The predicted molar refractivity (Wildman–Crippen MR) is 110 cm³/mol. The van der Waals surface area contributed by atoms with Gasteiger partial charge < -0.3 is 15.5 Å². The quantitative estimate of drug-likeness (QED) is 0.436. The summed E-state index contributed by atoms with van der Waals surface area (Å²) >= 11 is 0.706. The van der Waals surface area contributed by atoms with Crippen LogP contribution in [0.3, 0.4) is 0 Å². The fourth-order valence-electron chi connectivity index (χ4n) is 3.32. The first-order chi connectivity index (χ1) is 14.5. The van der Waals surface area contributed by atoms with Crippen LogP contribution in [0.1, 0.15) is 17.3 Å². The molecule has 3 N–H and O–H groups in total. The molecule has 166 valence electrons. The van der Waals surface area contributed by atoms with E-state index in [0.717, 1.165) is 6.07 Å². The molecule has 2 aromatic carbocycles. The molecule has 2 unspecified atom stereocenters. The smallest absolute Gasteiger partial charge is 0.420 e. The number of aliphatic hydroxyl groups is 1. The summed E-state index contributed by atoms with van der Waals surface area (Å²) in [7, 11) is 0. The van der Waals surface area contributed by atoms with Crippen LogP contribution in [0.4, 0.5) is 27.6 Å². The van der Waals surface area contributed by atoms with E-state index in [-0.39, 0.29) is 5.69 Å². The number of alkyl halides is 3. The molecule has 0 aliphatic rings. The average Bonchev–Trinajstić information content (AvgIpc) is 2.70. The highest BCUT2D eigenvalue weighted by Crippen LogP contribution is 2.45. The minimum atomic E-state index is -5.18. The van der Waals surface area contributed by atoms with E-state index in [0.29, 0.717) is 34.4 Å². The molecule has 0 radical (unpaired) electrons. The van der Waals surface area contributed by atoms with Gasteiger partial charge in [-0.15, -0.1) is 0 Å². The molecule has 0 aliphatic carbocycles. The number of aryl methyl sites for hydroxylation is 1. The number of phenols is 1. The number of nitrogens with one attached hydrogen (secondary N) is 1. The Morgan fingerprint density at radius 3 is 2.45 bits per heavy atom. The summed E-state index contributed by atoms with van der Waals surface area (Å²) in [6.07, 6.45) is -3.82. The summed E-state index contributed by atoms with van der Waals surface area (Å²) in [5.41, 5.74) is -2.86. The van der Waals surface area contributed by atoms with Crippen molar-refractivity contribution in [3.63, 3.8) is 0 Å². The second kappa shape index (κ2) is 8.51. The number of thioether (sulfide) groups is 1. The van der Waals surface area contributed by atoms with Gasteiger partial charge >= 0.3 is 6.18 Å². The van der Waals surface area contributed by atoms with Gasteiger partial charge in [-0.25, -0.2) is 8.78 Å². The summed E-state index contributed by atoms with van der Waals surface area (Å²) < 4.78 is 70.4. The molecule has 31 heavy (non-hydrogen) atoms. The Hall–Kier alpha value is -2.59. The number of anilines is 1. The number of benzene rings is 2. The lowest BCUT2D eigenvalue weighted by Crippen LogP contribution is -2.54. The summed E-state index contributed by atoms with van der Waals surface area (Å²) in [6, 6.07) is 7.28. The summed E-state index contributed by atoms with van der Waals surface area (Å²) in [6.45, 7) is 1.75. The van der Waals surface area contributed by atoms with Gasteiger partial charge in [-0.3, -0.25) is 4.98 Å². The fraction of sp³-hybridized carbons (Fsp3) is 0.286. The van der Waals surface area contributed by atoms with Crippen LogP contribution >= 0.6 is 11.8 Å². The van der Waals surface area contributed by atoms with Gasteiger partial charge in [0.15, 0.2) is 23.0 Å². The zero-order chi connectivity index (χ0) is 23.0. The Morgan fingerprint density at radius 2 is 1.81 bits per heavy atom. The molecule has 3 rings (SSSR count). The van der Waals surface area contributed by atoms with E-state index in [1.807, 2.05) is 0 Å². The number of pyridine rings is 1. The minimum Gasteiger partial charge on any atom is -0.503 e. The maximum absolute atomic E-state index is 14.7. The molecule has 10 heteroatoms. The van der Waals surface area contributed by atoms with E-state index in [4.69, 9.17) is 0 Å². The van der Waals surface area contributed by atoms with Gasteiger partial charge in [-0.1, -0.05) is 12.1 Å². The van der Waals surface area contributed by atoms with Crippen molar-refractivity contribution in [2.45, 2.75) is 24.7 Å². The number of aromatic hydroxyl groups is 1.